The van der Waals surface area contributed by atoms with E-state index in [4.69, 9.17) is 24.7 Å². The Bertz CT molecular complexity index is 775. The van der Waals surface area contributed by atoms with E-state index >= 15 is 0 Å². The van der Waals surface area contributed by atoms with Crippen molar-refractivity contribution in [3.8, 4) is 11.5 Å². The predicted molar refractivity (Wildman–Crippen MR) is 113 cm³/mol. The fraction of sp³-hybridized carbons (Fsp3) is 0.696. The highest BCUT2D eigenvalue weighted by Gasteiger charge is 2.44. The minimum atomic E-state index is -0.353. The van der Waals surface area contributed by atoms with Crippen LogP contribution < -0.4 is 15.2 Å². The number of likely N-dealkylation sites (tertiary alicyclic amines) is 1. The van der Waals surface area contributed by atoms with Crippen molar-refractivity contribution in [2.45, 2.75) is 56.3 Å². The molecule has 166 valence electrons. The van der Waals surface area contributed by atoms with E-state index in [1.807, 2.05) is 4.90 Å². The molecule has 1 aromatic rings. The number of ether oxygens (including phenoxy) is 4. The molecule has 30 heavy (non-hydrogen) atoms. The van der Waals surface area contributed by atoms with Gasteiger partial charge in [-0.05, 0) is 61.8 Å². The van der Waals surface area contributed by atoms with Gasteiger partial charge in [0.15, 0.2) is 11.5 Å². The Labute approximate surface area is 178 Å². The average Bonchev–Trinajstić information content (AvgIpc) is 2.79. The van der Waals surface area contributed by atoms with Gasteiger partial charge in [-0.1, -0.05) is 0 Å². The van der Waals surface area contributed by atoms with E-state index in [9.17, 15) is 4.79 Å². The zero-order valence-electron chi connectivity index (χ0n) is 18.3. The van der Waals surface area contributed by atoms with Gasteiger partial charge in [0, 0.05) is 32.2 Å². The summed E-state index contributed by atoms with van der Waals surface area (Å²) in [6.45, 7) is 2.09. The fourth-order valence-corrected chi connectivity index (χ4v) is 5.39. The standard InChI is InChI=1S/C23H34N2O5/c1-27-19-13-16(4-5-18(19)24)22(26)25-9-7-23(8-10-25)17-14-21(29-3)20(28-2)12-15(17)6-11-30-23/h12,14,16,18-19H,4-11,13,24H2,1-3H3/t16-,18+,19+/m0/s1. The fourth-order valence-electron chi connectivity index (χ4n) is 5.39. The van der Waals surface area contributed by atoms with Crippen LogP contribution in [0.1, 0.15) is 43.2 Å². The van der Waals surface area contributed by atoms with Crippen molar-refractivity contribution in [2.24, 2.45) is 11.7 Å². The summed E-state index contributed by atoms with van der Waals surface area (Å²) in [7, 11) is 5.00. The second-order valence-corrected chi connectivity index (χ2v) is 8.73. The third kappa shape index (κ3) is 3.79. The van der Waals surface area contributed by atoms with E-state index in [2.05, 4.69) is 12.1 Å². The SMILES string of the molecule is COc1cc2c(cc1OC)C1(CCN(C(=O)[C@H]3CC[C@@H](N)[C@H](OC)C3)CC1)OCC2. The molecule has 7 nitrogen and oxygen atoms in total. The molecule has 1 aromatic carbocycles. The number of carbonyl (C=O) groups is 1. The first-order valence-electron chi connectivity index (χ1n) is 11.0. The molecular formula is C23H34N2O5. The number of rotatable bonds is 4. The van der Waals surface area contributed by atoms with Crippen LogP contribution in [0, 0.1) is 5.92 Å². The smallest absolute Gasteiger partial charge is 0.225 e. The van der Waals surface area contributed by atoms with Crippen LogP contribution in [0.25, 0.3) is 0 Å². The molecule has 0 aromatic heterocycles. The number of methoxy groups -OCH3 is 3. The molecule has 2 N–H and O–H groups in total. The van der Waals surface area contributed by atoms with Crippen LogP contribution in [-0.2, 0) is 26.3 Å². The number of nitrogens with two attached hydrogens (primary N) is 1. The normalized spacial score (nSPS) is 28.1. The molecule has 1 spiro atoms. The van der Waals surface area contributed by atoms with Crippen LogP contribution in [0.2, 0.25) is 0 Å². The lowest BCUT2D eigenvalue weighted by Gasteiger charge is -2.46. The highest BCUT2D eigenvalue weighted by Crippen LogP contribution is 2.45. The van der Waals surface area contributed by atoms with Crippen molar-refractivity contribution in [1.29, 1.82) is 0 Å². The van der Waals surface area contributed by atoms with Crippen LogP contribution >= 0.6 is 0 Å². The first kappa shape index (κ1) is 21.4. The van der Waals surface area contributed by atoms with E-state index in [1.165, 1.54) is 11.1 Å². The molecule has 0 radical (unpaired) electrons. The Kier molecular flexibility index (Phi) is 6.23. The van der Waals surface area contributed by atoms with E-state index < -0.39 is 0 Å². The number of benzene rings is 1. The molecule has 1 saturated heterocycles. The number of carbonyl (C=O) groups excluding carboxylic acids is 1. The molecule has 3 aliphatic rings. The number of fused-ring (bicyclic) bond motifs is 2. The zero-order valence-corrected chi connectivity index (χ0v) is 18.3. The second kappa shape index (κ2) is 8.73. The molecule has 1 aliphatic carbocycles. The molecular weight excluding hydrogens is 384 g/mol. The highest BCUT2D eigenvalue weighted by atomic mass is 16.5. The Hall–Kier alpha value is -1.83. The van der Waals surface area contributed by atoms with Gasteiger partial charge in [0.05, 0.1) is 32.5 Å². The van der Waals surface area contributed by atoms with Gasteiger partial charge in [0.1, 0.15) is 0 Å². The quantitative estimate of drug-likeness (QED) is 0.807. The maximum Gasteiger partial charge on any atom is 0.225 e. The maximum absolute atomic E-state index is 13.2. The summed E-state index contributed by atoms with van der Waals surface area (Å²) in [6, 6.07) is 4.17. The molecule has 2 fully saturated rings. The summed E-state index contributed by atoms with van der Waals surface area (Å²) >= 11 is 0. The molecule has 2 heterocycles. The minimum Gasteiger partial charge on any atom is -0.493 e. The number of nitrogens with zero attached hydrogens (tertiary/aromatic N) is 1. The molecule has 0 bridgehead atoms. The first-order valence-corrected chi connectivity index (χ1v) is 11.0. The Balaban J connectivity index is 1.48. The summed E-state index contributed by atoms with van der Waals surface area (Å²) in [4.78, 5) is 15.2. The van der Waals surface area contributed by atoms with Gasteiger partial charge in [-0.25, -0.2) is 0 Å². The lowest BCUT2D eigenvalue weighted by molar-refractivity contribution is -0.147. The van der Waals surface area contributed by atoms with Crippen molar-refractivity contribution in [3.63, 3.8) is 0 Å². The number of hydrogen-bond acceptors (Lipinski definition) is 6. The van der Waals surface area contributed by atoms with Crippen LogP contribution in [0.15, 0.2) is 12.1 Å². The van der Waals surface area contributed by atoms with E-state index in [1.54, 1.807) is 21.3 Å². The van der Waals surface area contributed by atoms with Gasteiger partial charge < -0.3 is 29.6 Å². The summed E-state index contributed by atoms with van der Waals surface area (Å²) in [6.07, 6.45) is 4.82. The summed E-state index contributed by atoms with van der Waals surface area (Å²) in [5.74, 6) is 1.72. The first-order chi connectivity index (χ1) is 14.5. The lowest BCUT2D eigenvalue weighted by atomic mass is 9.78. The molecule has 2 aliphatic heterocycles. The van der Waals surface area contributed by atoms with Gasteiger partial charge in [-0.3, -0.25) is 4.79 Å². The molecule has 7 heteroatoms. The monoisotopic (exact) mass is 418 g/mol. The highest BCUT2D eigenvalue weighted by molar-refractivity contribution is 5.79. The predicted octanol–water partition coefficient (Wildman–Crippen LogP) is 2.24. The van der Waals surface area contributed by atoms with Crippen LogP contribution in [0.3, 0.4) is 0 Å². The van der Waals surface area contributed by atoms with E-state index in [-0.39, 0.29) is 29.6 Å². The molecule has 0 unspecified atom stereocenters. The summed E-state index contributed by atoms with van der Waals surface area (Å²) in [5.41, 5.74) is 8.21. The van der Waals surface area contributed by atoms with E-state index in [0.717, 1.165) is 43.6 Å². The molecule has 1 amide bonds. The van der Waals surface area contributed by atoms with Gasteiger partial charge in [0.2, 0.25) is 5.91 Å². The minimum absolute atomic E-state index is 0.00714. The summed E-state index contributed by atoms with van der Waals surface area (Å²) < 4.78 is 22.9. The number of hydrogen-bond donors (Lipinski definition) is 1. The molecule has 3 atom stereocenters. The lowest BCUT2D eigenvalue weighted by Crippen LogP contribution is -2.51. The van der Waals surface area contributed by atoms with Gasteiger partial charge in [0.25, 0.3) is 0 Å². The number of amides is 1. The van der Waals surface area contributed by atoms with Crippen LogP contribution in [0.4, 0.5) is 0 Å². The Morgan fingerprint density at radius 3 is 2.50 bits per heavy atom. The van der Waals surface area contributed by atoms with Crippen molar-refractivity contribution < 1.29 is 23.7 Å². The van der Waals surface area contributed by atoms with E-state index in [0.29, 0.717) is 26.1 Å². The van der Waals surface area contributed by atoms with Crippen molar-refractivity contribution in [3.05, 3.63) is 23.3 Å². The van der Waals surface area contributed by atoms with Crippen molar-refractivity contribution in [1.82, 2.24) is 4.90 Å². The Morgan fingerprint density at radius 1 is 1.13 bits per heavy atom. The second-order valence-electron chi connectivity index (χ2n) is 8.73. The van der Waals surface area contributed by atoms with Gasteiger partial charge in [-0.2, -0.15) is 0 Å². The number of piperidine rings is 1. The van der Waals surface area contributed by atoms with Crippen LogP contribution in [0.5, 0.6) is 11.5 Å². The topological polar surface area (TPSA) is 83.3 Å². The third-order valence-electron chi connectivity index (χ3n) is 7.23. The largest absolute Gasteiger partial charge is 0.493 e. The van der Waals surface area contributed by atoms with Crippen LogP contribution in [-0.4, -0.2) is 64.0 Å². The maximum atomic E-state index is 13.2. The molecule has 4 rings (SSSR count). The summed E-state index contributed by atoms with van der Waals surface area (Å²) in [5, 5.41) is 0. The average molecular weight is 419 g/mol. The molecule has 1 saturated carbocycles. The van der Waals surface area contributed by atoms with Crippen molar-refractivity contribution >= 4 is 5.91 Å². The van der Waals surface area contributed by atoms with Gasteiger partial charge >= 0.3 is 0 Å². The zero-order chi connectivity index (χ0) is 21.3. The van der Waals surface area contributed by atoms with Crippen molar-refractivity contribution in [2.75, 3.05) is 41.0 Å². The third-order valence-corrected chi connectivity index (χ3v) is 7.23. The van der Waals surface area contributed by atoms with Gasteiger partial charge in [-0.15, -0.1) is 0 Å². The Morgan fingerprint density at radius 2 is 1.83 bits per heavy atom.